The Morgan fingerprint density at radius 3 is 2.53 bits per heavy atom. The third-order valence-electron chi connectivity index (χ3n) is 7.75. The number of carbonyl (C=O) groups excluding carboxylic acids is 1. The average Bonchev–Trinajstić information content (AvgIpc) is 3.18. The number of piperazine rings is 1. The molecule has 1 aromatic heterocycles. The van der Waals surface area contributed by atoms with Crippen molar-refractivity contribution in [3.63, 3.8) is 0 Å². The van der Waals surface area contributed by atoms with Crippen LogP contribution in [0.4, 0.5) is 0 Å². The molecule has 0 unspecified atom stereocenters. The van der Waals surface area contributed by atoms with Crippen LogP contribution < -0.4 is 4.74 Å². The first kappa shape index (κ1) is 23.4. The van der Waals surface area contributed by atoms with Crippen LogP contribution in [0, 0.1) is 5.92 Å². The van der Waals surface area contributed by atoms with Crippen LogP contribution in [0.25, 0.3) is 10.9 Å². The molecule has 3 atom stereocenters. The van der Waals surface area contributed by atoms with Crippen LogP contribution in [0.15, 0.2) is 24.4 Å². The fourth-order valence-corrected chi connectivity index (χ4v) is 6.21. The van der Waals surface area contributed by atoms with Gasteiger partial charge in [-0.1, -0.05) is 31.4 Å². The zero-order valence-electron chi connectivity index (χ0n) is 19.2. The van der Waals surface area contributed by atoms with E-state index in [1.165, 1.54) is 32.1 Å². The van der Waals surface area contributed by atoms with Crippen molar-refractivity contribution in [3.8, 4) is 5.75 Å². The van der Waals surface area contributed by atoms with Crippen LogP contribution in [-0.2, 0) is 0 Å². The predicted molar refractivity (Wildman–Crippen MR) is 129 cm³/mol. The van der Waals surface area contributed by atoms with Crippen molar-refractivity contribution < 1.29 is 14.6 Å². The van der Waals surface area contributed by atoms with Crippen molar-refractivity contribution in [3.05, 3.63) is 30.0 Å². The number of hydrogen-bond donors (Lipinski definition) is 1. The molecule has 3 aliphatic rings. The second kappa shape index (κ2) is 9.62. The smallest absolute Gasteiger partial charge is 0.256 e. The molecule has 1 saturated heterocycles. The fourth-order valence-electron chi connectivity index (χ4n) is 6.21. The summed E-state index contributed by atoms with van der Waals surface area (Å²) in [5.41, 5.74) is 1.89. The highest BCUT2D eigenvalue weighted by Crippen LogP contribution is 2.42. The van der Waals surface area contributed by atoms with E-state index in [1.807, 2.05) is 17.0 Å². The minimum absolute atomic E-state index is 0. The van der Waals surface area contributed by atoms with E-state index in [2.05, 4.69) is 35.6 Å². The highest BCUT2D eigenvalue weighted by atomic mass is 35.5. The highest BCUT2D eigenvalue weighted by molar-refractivity contribution is 6.08. The molecule has 1 N–H and O–H groups in total. The van der Waals surface area contributed by atoms with Crippen LogP contribution in [0.3, 0.4) is 0 Å². The van der Waals surface area contributed by atoms with E-state index in [-0.39, 0.29) is 37.0 Å². The monoisotopic (exact) mass is 461 g/mol. The second-order valence-corrected chi connectivity index (χ2v) is 9.75. The molecule has 2 aliphatic heterocycles. The number of amides is 1. The summed E-state index contributed by atoms with van der Waals surface area (Å²) in [6.45, 7) is 7.19. The number of benzene rings is 1. The summed E-state index contributed by atoms with van der Waals surface area (Å²) in [6, 6.07) is 6.89. The van der Waals surface area contributed by atoms with E-state index in [0.29, 0.717) is 38.2 Å². The lowest BCUT2D eigenvalue weighted by atomic mass is 9.83. The van der Waals surface area contributed by atoms with Crippen molar-refractivity contribution >= 4 is 29.2 Å². The number of para-hydroxylation sites is 1. The summed E-state index contributed by atoms with van der Waals surface area (Å²) in [6.07, 6.45) is 8.56. The Balaban J connectivity index is 0.00000245. The van der Waals surface area contributed by atoms with E-state index in [4.69, 9.17) is 4.74 Å². The molecule has 0 spiro atoms. The Morgan fingerprint density at radius 1 is 1.12 bits per heavy atom. The Labute approximate surface area is 196 Å². The maximum atomic E-state index is 13.7. The molecule has 1 saturated carbocycles. The summed E-state index contributed by atoms with van der Waals surface area (Å²) < 4.78 is 8.57. The molecule has 1 amide bonds. The normalized spacial score (nSPS) is 26.6. The zero-order chi connectivity index (χ0) is 21.5. The van der Waals surface area contributed by atoms with Crippen molar-refractivity contribution in [2.24, 2.45) is 5.92 Å². The van der Waals surface area contributed by atoms with Crippen molar-refractivity contribution in [1.82, 2.24) is 14.4 Å². The minimum Gasteiger partial charge on any atom is -0.489 e. The molecular formula is C25H36ClN3O3. The van der Waals surface area contributed by atoms with Crippen molar-refractivity contribution in [2.75, 3.05) is 32.8 Å². The van der Waals surface area contributed by atoms with Crippen molar-refractivity contribution in [1.29, 1.82) is 0 Å². The van der Waals surface area contributed by atoms with Gasteiger partial charge in [0.25, 0.3) is 5.91 Å². The fraction of sp³-hybridized carbons (Fsp3) is 0.640. The number of carbonyl (C=O) groups is 1. The molecule has 176 valence electrons. The second-order valence-electron chi connectivity index (χ2n) is 9.75. The van der Waals surface area contributed by atoms with Gasteiger partial charge in [0.15, 0.2) is 0 Å². The van der Waals surface area contributed by atoms with Crippen LogP contribution >= 0.6 is 12.4 Å². The number of halogens is 1. The standard InChI is InChI=1S/C25H35N3O3.ClH/c1-17-13-26(14-18(2)27(17)11-12-29)25(30)21-15-28-22(19-7-4-3-5-8-19)16-31-23-10-6-9-20(21)24(23)28;/h6,9-10,15,17-19,22,29H,3-5,7-8,11-14,16H2,1-2H3;1H/t17-,18+,22-;/m0./s1. The molecule has 1 aliphatic carbocycles. The molecule has 0 radical (unpaired) electrons. The molecule has 1 aromatic carbocycles. The van der Waals surface area contributed by atoms with Crippen LogP contribution in [0.1, 0.15) is 62.4 Å². The summed E-state index contributed by atoms with van der Waals surface area (Å²) in [7, 11) is 0. The summed E-state index contributed by atoms with van der Waals surface area (Å²) in [5, 5.41) is 10.4. The van der Waals surface area contributed by atoms with E-state index in [1.54, 1.807) is 0 Å². The largest absolute Gasteiger partial charge is 0.489 e. The Bertz CT molecular complexity index is 943. The molecule has 5 rings (SSSR count). The third-order valence-corrected chi connectivity index (χ3v) is 7.75. The van der Waals surface area contributed by atoms with E-state index in [0.717, 1.165) is 22.2 Å². The van der Waals surface area contributed by atoms with Gasteiger partial charge in [0.05, 0.1) is 23.7 Å². The SMILES string of the molecule is C[C@@H]1CN(C(=O)c2cn3c4c(cccc24)OC[C@H]3C2CCCCC2)C[C@H](C)N1CCO.Cl. The van der Waals surface area contributed by atoms with Gasteiger partial charge in [0.2, 0.25) is 0 Å². The zero-order valence-corrected chi connectivity index (χ0v) is 20.0. The number of hydrogen-bond acceptors (Lipinski definition) is 4. The van der Waals surface area contributed by atoms with Gasteiger partial charge in [-0.25, -0.2) is 0 Å². The van der Waals surface area contributed by atoms with E-state index in [9.17, 15) is 9.90 Å². The molecule has 2 aromatic rings. The van der Waals surface area contributed by atoms with Gasteiger partial charge >= 0.3 is 0 Å². The average molecular weight is 462 g/mol. The van der Waals surface area contributed by atoms with Crippen molar-refractivity contribution in [2.45, 2.75) is 64.1 Å². The number of aromatic nitrogens is 1. The summed E-state index contributed by atoms with van der Waals surface area (Å²) in [5.74, 6) is 1.65. The van der Waals surface area contributed by atoms with E-state index >= 15 is 0 Å². The molecule has 3 heterocycles. The first-order valence-electron chi connectivity index (χ1n) is 12.0. The van der Waals surface area contributed by atoms with Crippen LogP contribution in [0.2, 0.25) is 0 Å². The first-order chi connectivity index (χ1) is 15.1. The third kappa shape index (κ3) is 4.02. The Morgan fingerprint density at radius 2 is 1.84 bits per heavy atom. The van der Waals surface area contributed by atoms with Gasteiger partial charge in [-0.15, -0.1) is 12.4 Å². The van der Waals surface area contributed by atoms with Crippen LogP contribution in [0.5, 0.6) is 5.75 Å². The number of nitrogens with zero attached hydrogens (tertiary/aromatic N) is 3. The van der Waals surface area contributed by atoms with E-state index < -0.39 is 0 Å². The lowest BCUT2D eigenvalue weighted by molar-refractivity contribution is 0.0237. The van der Waals surface area contributed by atoms with Crippen LogP contribution in [-0.4, -0.2) is 70.3 Å². The van der Waals surface area contributed by atoms with Gasteiger partial charge in [-0.3, -0.25) is 9.69 Å². The molecule has 6 nitrogen and oxygen atoms in total. The Hall–Kier alpha value is -1.76. The van der Waals surface area contributed by atoms with Gasteiger partial charge in [0.1, 0.15) is 12.4 Å². The quantitative estimate of drug-likeness (QED) is 0.744. The lowest BCUT2D eigenvalue weighted by Gasteiger charge is -2.44. The first-order valence-corrected chi connectivity index (χ1v) is 12.0. The van der Waals surface area contributed by atoms with Gasteiger partial charge in [-0.2, -0.15) is 0 Å². The maximum absolute atomic E-state index is 13.7. The number of rotatable bonds is 4. The van der Waals surface area contributed by atoms with Gasteiger partial charge in [0, 0.05) is 43.3 Å². The lowest BCUT2D eigenvalue weighted by Crippen LogP contribution is -2.58. The number of ether oxygens (including phenoxy) is 1. The summed E-state index contributed by atoms with van der Waals surface area (Å²) >= 11 is 0. The topological polar surface area (TPSA) is 57.9 Å². The summed E-state index contributed by atoms with van der Waals surface area (Å²) in [4.78, 5) is 18.0. The molecular weight excluding hydrogens is 426 g/mol. The molecule has 7 heteroatoms. The molecule has 2 fully saturated rings. The number of β-amino-alcohol motifs (C(OH)–C–C–N with tert-alkyl or cyclic N) is 1. The molecule has 0 bridgehead atoms. The number of aliphatic hydroxyl groups is 1. The highest BCUT2D eigenvalue weighted by Gasteiger charge is 2.36. The minimum atomic E-state index is 0. The van der Waals surface area contributed by atoms with Gasteiger partial charge < -0.3 is 19.3 Å². The molecule has 32 heavy (non-hydrogen) atoms. The maximum Gasteiger partial charge on any atom is 0.256 e. The predicted octanol–water partition coefficient (Wildman–Crippen LogP) is 4.10. The Kier molecular flexibility index (Phi) is 7.03. The number of aliphatic hydroxyl groups excluding tert-OH is 1. The van der Waals surface area contributed by atoms with Gasteiger partial charge in [-0.05, 0) is 38.7 Å².